The van der Waals surface area contributed by atoms with Gasteiger partial charge in [0.2, 0.25) is 10.0 Å². The van der Waals surface area contributed by atoms with E-state index in [1.54, 1.807) is 28.6 Å². The molecule has 0 saturated carbocycles. The van der Waals surface area contributed by atoms with Crippen molar-refractivity contribution >= 4 is 10.0 Å². The third-order valence-electron chi connectivity index (χ3n) is 4.93. The normalized spacial score (nSPS) is 28.5. The first-order chi connectivity index (χ1) is 9.89. The maximum Gasteiger partial charge on any atom is 0.247 e. The van der Waals surface area contributed by atoms with Crippen LogP contribution in [0.3, 0.4) is 0 Å². The molecule has 3 rings (SSSR count). The van der Waals surface area contributed by atoms with Gasteiger partial charge in [-0.2, -0.15) is 4.31 Å². The van der Waals surface area contributed by atoms with Crippen LogP contribution in [-0.4, -0.2) is 45.0 Å². The molecule has 2 fully saturated rings. The number of ether oxygens (including phenoxy) is 1. The van der Waals surface area contributed by atoms with E-state index in [0.717, 1.165) is 13.1 Å². The second-order valence-corrected chi connectivity index (χ2v) is 8.20. The van der Waals surface area contributed by atoms with Crippen LogP contribution in [0, 0.1) is 11.8 Å². The van der Waals surface area contributed by atoms with Crippen molar-refractivity contribution in [2.45, 2.75) is 24.3 Å². The summed E-state index contributed by atoms with van der Waals surface area (Å²) in [5.41, 5.74) is -0.381. The Labute approximate surface area is 126 Å². The van der Waals surface area contributed by atoms with Crippen LogP contribution in [0.25, 0.3) is 0 Å². The molecule has 2 aliphatic heterocycles. The van der Waals surface area contributed by atoms with Crippen molar-refractivity contribution in [1.29, 1.82) is 0 Å². The molecule has 0 aromatic heterocycles. The number of nitrogens with one attached hydrogen (secondary N) is 1. The minimum Gasteiger partial charge on any atom is -0.495 e. The fraction of sp³-hybridized carbons (Fsp3) is 0.600. The lowest BCUT2D eigenvalue weighted by Gasteiger charge is -2.34. The molecule has 0 radical (unpaired) electrons. The number of para-hydroxylation sites is 1. The monoisotopic (exact) mass is 310 g/mol. The molecule has 2 saturated heterocycles. The molecule has 0 spiro atoms. The Morgan fingerprint density at radius 2 is 2.00 bits per heavy atom. The summed E-state index contributed by atoms with van der Waals surface area (Å²) in [5.74, 6) is 1.16. The van der Waals surface area contributed by atoms with Crippen molar-refractivity contribution in [3.05, 3.63) is 24.3 Å². The van der Waals surface area contributed by atoms with E-state index in [2.05, 4.69) is 5.32 Å². The van der Waals surface area contributed by atoms with E-state index in [-0.39, 0.29) is 10.4 Å². The van der Waals surface area contributed by atoms with E-state index in [4.69, 9.17) is 4.74 Å². The number of benzene rings is 1. The van der Waals surface area contributed by atoms with Gasteiger partial charge in [0, 0.05) is 18.6 Å². The Morgan fingerprint density at radius 3 is 2.67 bits per heavy atom. The number of sulfonamides is 1. The predicted molar refractivity (Wildman–Crippen MR) is 80.8 cm³/mol. The molecule has 2 aliphatic rings. The molecule has 6 heteroatoms. The van der Waals surface area contributed by atoms with Gasteiger partial charge >= 0.3 is 0 Å². The summed E-state index contributed by atoms with van der Waals surface area (Å²) >= 11 is 0. The number of hydrogen-bond donors (Lipinski definition) is 1. The zero-order valence-electron chi connectivity index (χ0n) is 12.7. The molecule has 0 bridgehead atoms. The Balaban J connectivity index is 2.03. The summed E-state index contributed by atoms with van der Waals surface area (Å²) in [6, 6.07) is 6.83. The fourth-order valence-electron chi connectivity index (χ4n) is 3.74. The quantitative estimate of drug-likeness (QED) is 0.914. The lowest BCUT2D eigenvalue weighted by molar-refractivity contribution is 0.232. The molecular weight excluding hydrogens is 288 g/mol. The molecule has 2 unspecified atom stereocenters. The van der Waals surface area contributed by atoms with Crippen molar-refractivity contribution in [3.63, 3.8) is 0 Å². The van der Waals surface area contributed by atoms with Crippen molar-refractivity contribution in [1.82, 2.24) is 9.62 Å². The average molecular weight is 310 g/mol. The third-order valence-corrected chi connectivity index (χ3v) is 7.02. The van der Waals surface area contributed by atoms with Gasteiger partial charge < -0.3 is 10.1 Å². The highest BCUT2D eigenvalue weighted by Crippen LogP contribution is 2.44. The summed E-state index contributed by atoms with van der Waals surface area (Å²) in [6.45, 7) is 6.40. The molecular formula is C15H22N2O3S. The zero-order valence-corrected chi connectivity index (χ0v) is 13.5. The van der Waals surface area contributed by atoms with E-state index in [1.165, 1.54) is 7.11 Å². The van der Waals surface area contributed by atoms with Crippen LogP contribution >= 0.6 is 0 Å². The highest BCUT2D eigenvalue weighted by Gasteiger charge is 2.54. The Kier molecular flexibility index (Phi) is 3.50. The highest BCUT2D eigenvalue weighted by molar-refractivity contribution is 7.89. The smallest absolute Gasteiger partial charge is 0.247 e. The molecule has 1 aromatic rings. The molecule has 116 valence electrons. The summed E-state index contributed by atoms with van der Waals surface area (Å²) in [4.78, 5) is 0.258. The van der Waals surface area contributed by atoms with E-state index < -0.39 is 10.0 Å². The van der Waals surface area contributed by atoms with Crippen molar-refractivity contribution in [2.75, 3.05) is 26.7 Å². The lowest BCUT2D eigenvalue weighted by atomic mass is 9.85. The Morgan fingerprint density at radius 1 is 1.29 bits per heavy atom. The van der Waals surface area contributed by atoms with Gasteiger partial charge in [0.25, 0.3) is 0 Å². The SMILES string of the molecule is COc1ccccc1S(=O)(=O)N1CC2CNCC2C1(C)C. The van der Waals surface area contributed by atoms with E-state index in [1.807, 2.05) is 13.8 Å². The first kappa shape index (κ1) is 14.8. The van der Waals surface area contributed by atoms with E-state index in [9.17, 15) is 8.42 Å². The number of fused-ring (bicyclic) bond motifs is 1. The molecule has 2 heterocycles. The molecule has 1 aromatic carbocycles. The van der Waals surface area contributed by atoms with Gasteiger partial charge in [0.15, 0.2) is 0 Å². The van der Waals surface area contributed by atoms with Gasteiger partial charge in [0.1, 0.15) is 10.6 Å². The topological polar surface area (TPSA) is 58.6 Å². The van der Waals surface area contributed by atoms with Crippen molar-refractivity contribution < 1.29 is 13.2 Å². The minimum absolute atomic E-state index is 0.258. The van der Waals surface area contributed by atoms with E-state index >= 15 is 0 Å². The van der Waals surface area contributed by atoms with Gasteiger partial charge in [0.05, 0.1) is 7.11 Å². The minimum atomic E-state index is -3.55. The van der Waals surface area contributed by atoms with Crippen LogP contribution < -0.4 is 10.1 Å². The molecule has 5 nitrogen and oxygen atoms in total. The second-order valence-electron chi connectivity index (χ2n) is 6.37. The van der Waals surface area contributed by atoms with Crippen LogP contribution in [0.5, 0.6) is 5.75 Å². The molecule has 21 heavy (non-hydrogen) atoms. The summed E-state index contributed by atoms with van der Waals surface area (Å²) in [7, 11) is -2.05. The Bertz CT molecular complexity index is 642. The van der Waals surface area contributed by atoms with Gasteiger partial charge in [-0.15, -0.1) is 0 Å². The second kappa shape index (κ2) is 4.97. The van der Waals surface area contributed by atoms with Crippen LogP contribution in [-0.2, 0) is 10.0 Å². The number of hydrogen-bond acceptors (Lipinski definition) is 4. The van der Waals surface area contributed by atoms with Crippen LogP contribution in [0.1, 0.15) is 13.8 Å². The maximum absolute atomic E-state index is 13.1. The third kappa shape index (κ3) is 2.17. The standard InChI is InChI=1S/C15H22N2O3S/c1-15(2)12-9-16-8-11(12)10-17(15)21(18,19)14-7-5-4-6-13(14)20-3/h4-7,11-12,16H,8-10H2,1-3H3. The molecule has 1 N–H and O–H groups in total. The van der Waals surface area contributed by atoms with Gasteiger partial charge in [-0.3, -0.25) is 0 Å². The summed E-state index contributed by atoms with van der Waals surface area (Å²) in [6.07, 6.45) is 0. The highest BCUT2D eigenvalue weighted by atomic mass is 32.2. The fourth-order valence-corrected chi connectivity index (χ4v) is 5.78. The molecule has 2 atom stereocenters. The van der Waals surface area contributed by atoms with Gasteiger partial charge in [-0.1, -0.05) is 12.1 Å². The summed E-state index contributed by atoms with van der Waals surface area (Å²) in [5, 5.41) is 3.37. The lowest BCUT2D eigenvalue weighted by Crippen LogP contribution is -2.47. The van der Waals surface area contributed by atoms with Crippen molar-refractivity contribution in [3.8, 4) is 5.75 Å². The van der Waals surface area contributed by atoms with Gasteiger partial charge in [-0.05, 0) is 44.4 Å². The average Bonchev–Trinajstić information content (AvgIpc) is 3.01. The largest absolute Gasteiger partial charge is 0.495 e. The number of methoxy groups -OCH3 is 1. The van der Waals surface area contributed by atoms with Crippen LogP contribution in [0.4, 0.5) is 0 Å². The Hall–Kier alpha value is -1.11. The number of nitrogens with zero attached hydrogens (tertiary/aromatic N) is 1. The number of rotatable bonds is 3. The van der Waals surface area contributed by atoms with Crippen LogP contribution in [0.2, 0.25) is 0 Å². The first-order valence-corrected chi connectivity index (χ1v) is 8.69. The van der Waals surface area contributed by atoms with Crippen molar-refractivity contribution in [2.24, 2.45) is 11.8 Å². The molecule has 0 aliphatic carbocycles. The van der Waals surface area contributed by atoms with E-state index in [0.29, 0.717) is 24.1 Å². The maximum atomic E-state index is 13.1. The van der Waals surface area contributed by atoms with Crippen LogP contribution in [0.15, 0.2) is 29.2 Å². The molecule has 0 amide bonds. The zero-order chi connectivity index (χ0) is 15.3. The predicted octanol–water partition coefficient (Wildman–Crippen LogP) is 1.31. The first-order valence-electron chi connectivity index (χ1n) is 7.25. The summed E-state index contributed by atoms with van der Waals surface area (Å²) < 4.78 is 33.1. The van der Waals surface area contributed by atoms with Gasteiger partial charge in [-0.25, -0.2) is 8.42 Å².